The molecule has 88 valence electrons. The Labute approximate surface area is 106 Å². The van der Waals surface area contributed by atoms with Crippen LogP contribution in [0.25, 0.3) is 0 Å². The van der Waals surface area contributed by atoms with Gasteiger partial charge in [-0.15, -0.1) is 0 Å². The van der Waals surface area contributed by atoms with Gasteiger partial charge < -0.3 is 9.30 Å². The SMILES string of the molecule is Cn1cccc(Oc2ccc(Br)cc2F)c1=O. The van der Waals surface area contributed by atoms with Gasteiger partial charge in [0, 0.05) is 17.7 Å². The zero-order valence-electron chi connectivity index (χ0n) is 8.98. The lowest BCUT2D eigenvalue weighted by Crippen LogP contribution is -2.16. The van der Waals surface area contributed by atoms with Crippen LogP contribution in [0.4, 0.5) is 4.39 Å². The maximum atomic E-state index is 13.5. The number of hydrogen-bond donors (Lipinski definition) is 0. The van der Waals surface area contributed by atoms with Gasteiger partial charge in [-0.2, -0.15) is 0 Å². The van der Waals surface area contributed by atoms with Crippen LogP contribution in [0.3, 0.4) is 0 Å². The Morgan fingerprint density at radius 3 is 2.76 bits per heavy atom. The van der Waals surface area contributed by atoms with Gasteiger partial charge in [-0.25, -0.2) is 4.39 Å². The van der Waals surface area contributed by atoms with Gasteiger partial charge in [-0.05, 0) is 30.3 Å². The average Bonchev–Trinajstić information content (AvgIpc) is 2.28. The maximum Gasteiger partial charge on any atom is 0.293 e. The van der Waals surface area contributed by atoms with E-state index in [0.29, 0.717) is 4.47 Å². The Bertz CT molecular complexity index is 610. The monoisotopic (exact) mass is 297 g/mol. The molecular formula is C12H9BrFNO2. The minimum Gasteiger partial charge on any atom is -0.448 e. The molecular weight excluding hydrogens is 289 g/mol. The second-order valence-corrected chi connectivity index (χ2v) is 4.38. The highest BCUT2D eigenvalue weighted by Gasteiger charge is 2.08. The lowest BCUT2D eigenvalue weighted by molar-refractivity contribution is 0.433. The van der Waals surface area contributed by atoms with Crippen LogP contribution in [0, 0.1) is 5.82 Å². The zero-order chi connectivity index (χ0) is 12.4. The predicted molar refractivity (Wildman–Crippen MR) is 65.9 cm³/mol. The summed E-state index contributed by atoms with van der Waals surface area (Å²) >= 11 is 3.15. The number of benzene rings is 1. The lowest BCUT2D eigenvalue weighted by atomic mass is 10.3. The van der Waals surface area contributed by atoms with Gasteiger partial charge in [0.05, 0.1) is 0 Å². The van der Waals surface area contributed by atoms with Gasteiger partial charge in [-0.1, -0.05) is 15.9 Å². The molecule has 17 heavy (non-hydrogen) atoms. The molecule has 3 nitrogen and oxygen atoms in total. The minimum atomic E-state index is -0.523. The van der Waals surface area contributed by atoms with E-state index in [-0.39, 0.29) is 17.1 Å². The number of rotatable bonds is 2. The van der Waals surface area contributed by atoms with Crippen LogP contribution in [-0.2, 0) is 7.05 Å². The first-order chi connectivity index (χ1) is 8.08. The number of halogens is 2. The molecule has 2 rings (SSSR count). The van der Waals surface area contributed by atoms with E-state index in [4.69, 9.17) is 4.74 Å². The van der Waals surface area contributed by atoms with Gasteiger partial charge in [0.1, 0.15) is 0 Å². The summed E-state index contributed by atoms with van der Waals surface area (Å²) in [6.45, 7) is 0. The predicted octanol–water partition coefficient (Wildman–Crippen LogP) is 3.08. The topological polar surface area (TPSA) is 31.2 Å². The maximum absolute atomic E-state index is 13.5. The number of hydrogen-bond acceptors (Lipinski definition) is 2. The second kappa shape index (κ2) is 4.71. The minimum absolute atomic E-state index is 0.0245. The Kier molecular flexibility index (Phi) is 3.28. The summed E-state index contributed by atoms with van der Waals surface area (Å²) in [5, 5.41) is 0. The molecule has 0 spiro atoms. The second-order valence-electron chi connectivity index (χ2n) is 3.47. The number of aromatic nitrogens is 1. The first-order valence-corrected chi connectivity index (χ1v) is 5.66. The molecule has 0 bridgehead atoms. The van der Waals surface area contributed by atoms with E-state index in [1.54, 1.807) is 25.4 Å². The van der Waals surface area contributed by atoms with Gasteiger partial charge >= 0.3 is 0 Å². The summed E-state index contributed by atoms with van der Waals surface area (Å²) in [5.74, 6) is -0.405. The van der Waals surface area contributed by atoms with Crippen molar-refractivity contribution in [2.75, 3.05) is 0 Å². The van der Waals surface area contributed by atoms with E-state index in [1.807, 2.05) is 0 Å². The molecule has 1 aromatic heterocycles. The fourth-order valence-corrected chi connectivity index (χ4v) is 1.66. The van der Waals surface area contributed by atoms with Gasteiger partial charge in [-0.3, -0.25) is 4.79 Å². The Morgan fingerprint density at radius 1 is 1.29 bits per heavy atom. The lowest BCUT2D eigenvalue weighted by Gasteiger charge is -2.07. The van der Waals surface area contributed by atoms with Crippen LogP contribution >= 0.6 is 15.9 Å². The van der Waals surface area contributed by atoms with Crippen LogP contribution in [0.2, 0.25) is 0 Å². The summed E-state index contributed by atoms with van der Waals surface area (Å²) in [5.41, 5.74) is -0.310. The van der Waals surface area contributed by atoms with Crippen molar-refractivity contribution in [3.8, 4) is 11.5 Å². The van der Waals surface area contributed by atoms with E-state index in [1.165, 1.54) is 22.8 Å². The molecule has 0 aliphatic heterocycles. The molecule has 0 radical (unpaired) electrons. The quantitative estimate of drug-likeness (QED) is 0.853. The molecule has 0 aliphatic carbocycles. The molecule has 1 heterocycles. The van der Waals surface area contributed by atoms with E-state index in [2.05, 4.69) is 15.9 Å². The van der Waals surface area contributed by atoms with Gasteiger partial charge in [0.2, 0.25) is 0 Å². The Balaban J connectivity index is 2.38. The molecule has 0 amide bonds. The molecule has 1 aromatic carbocycles. The largest absolute Gasteiger partial charge is 0.448 e. The average molecular weight is 298 g/mol. The molecule has 0 saturated carbocycles. The summed E-state index contributed by atoms with van der Waals surface area (Å²) in [6, 6.07) is 7.55. The van der Waals surface area contributed by atoms with Crippen LogP contribution in [0.5, 0.6) is 11.5 Å². The number of aryl methyl sites for hydroxylation is 1. The highest BCUT2D eigenvalue weighted by molar-refractivity contribution is 9.10. The van der Waals surface area contributed by atoms with Gasteiger partial charge in [0.25, 0.3) is 5.56 Å². The molecule has 0 unspecified atom stereocenters. The van der Waals surface area contributed by atoms with Crippen molar-refractivity contribution in [1.82, 2.24) is 4.57 Å². The molecule has 0 saturated heterocycles. The number of pyridine rings is 1. The van der Waals surface area contributed by atoms with Crippen LogP contribution in [0.15, 0.2) is 45.8 Å². The van der Waals surface area contributed by atoms with Crippen molar-refractivity contribution in [1.29, 1.82) is 0 Å². The zero-order valence-corrected chi connectivity index (χ0v) is 10.6. The number of nitrogens with zero attached hydrogens (tertiary/aromatic N) is 1. The summed E-state index contributed by atoms with van der Waals surface area (Å²) < 4.78 is 20.7. The van der Waals surface area contributed by atoms with Crippen molar-refractivity contribution in [2.45, 2.75) is 0 Å². The molecule has 0 N–H and O–H groups in total. The first-order valence-electron chi connectivity index (χ1n) is 4.86. The van der Waals surface area contributed by atoms with Crippen LogP contribution in [-0.4, -0.2) is 4.57 Å². The smallest absolute Gasteiger partial charge is 0.293 e. The highest BCUT2D eigenvalue weighted by Crippen LogP contribution is 2.24. The standard InChI is InChI=1S/C12H9BrFNO2/c1-15-6-2-3-11(12(15)16)17-10-5-4-8(13)7-9(10)14/h2-7H,1H3. The molecule has 0 atom stereocenters. The number of ether oxygens (including phenoxy) is 1. The third-order valence-corrected chi connectivity index (χ3v) is 2.70. The van der Waals surface area contributed by atoms with E-state index in [9.17, 15) is 9.18 Å². The van der Waals surface area contributed by atoms with E-state index >= 15 is 0 Å². The van der Waals surface area contributed by atoms with Crippen LogP contribution < -0.4 is 10.3 Å². The van der Waals surface area contributed by atoms with Crippen molar-refractivity contribution >= 4 is 15.9 Å². The fourth-order valence-electron chi connectivity index (χ4n) is 1.33. The summed E-state index contributed by atoms with van der Waals surface area (Å²) in [4.78, 5) is 11.7. The summed E-state index contributed by atoms with van der Waals surface area (Å²) in [6.07, 6.45) is 1.60. The summed E-state index contributed by atoms with van der Waals surface area (Å²) in [7, 11) is 1.60. The molecule has 0 aliphatic rings. The molecule has 5 heteroatoms. The Morgan fingerprint density at radius 2 is 2.06 bits per heavy atom. The van der Waals surface area contributed by atoms with Crippen LogP contribution in [0.1, 0.15) is 0 Å². The first kappa shape index (κ1) is 11.9. The van der Waals surface area contributed by atoms with Crippen molar-refractivity contribution < 1.29 is 9.13 Å². The third kappa shape index (κ3) is 2.55. The van der Waals surface area contributed by atoms with Crippen molar-refractivity contribution in [3.05, 3.63) is 57.2 Å². The van der Waals surface area contributed by atoms with Crippen molar-refractivity contribution in [3.63, 3.8) is 0 Å². The third-order valence-electron chi connectivity index (χ3n) is 2.20. The fraction of sp³-hybridized carbons (Fsp3) is 0.0833. The molecule has 2 aromatic rings. The van der Waals surface area contributed by atoms with E-state index < -0.39 is 5.82 Å². The highest BCUT2D eigenvalue weighted by atomic mass is 79.9. The normalized spacial score (nSPS) is 10.3. The van der Waals surface area contributed by atoms with E-state index in [0.717, 1.165) is 0 Å². The Hall–Kier alpha value is -1.62. The molecule has 0 fully saturated rings. The van der Waals surface area contributed by atoms with Crippen molar-refractivity contribution in [2.24, 2.45) is 7.05 Å². The van der Waals surface area contributed by atoms with Gasteiger partial charge in [0.15, 0.2) is 17.3 Å².